The van der Waals surface area contributed by atoms with Crippen LogP contribution in [0.4, 0.5) is 5.82 Å². The van der Waals surface area contributed by atoms with Crippen LogP contribution in [0.1, 0.15) is 31.5 Å². The number of amides is 1. The van der Waals surface area contributed by atoms with E-state index in [-0.39, 0.29) is 24.6 Å². The van der Waals surface area contributed by atoms with Gasteiger partial charge in [-0.15, -0.1) is 0 Å². The summed E-state index contributed by atoms with van der Waals surface area (Å²) in [5.74, 6) is -0.332. The number of nitriles is 1. The van der Waals surface area contributed by atoms with Crippen LogP contribution in [0.2, 0.25) is 0 Å². The molecule has 9 nitrogen and oxygen atoms in total. The van der Waals surface area contributed by atoms with E-state index in [1.165, 1.54) is 12.4 Å². The Morgan fingerprint density at radius 3 is 2.58 bits per heavy atom. The molecule has 0 atom stereocenters. The second kappa shape index (κ2) is 9.81. The molecule has 0 fully saturated rings. The predicted molar refractivity (Wildman–Crippen MR) is 127 cm³/mol. The highest BCUT2D eigenvalue weighted by Crippen LogP contribution is 2.38. The summed E-state index contributed by atoms with van der Waals surface area (Å²) in [7, 11) is 0. The summed E-state index contributed by atoms with van der Waals surface area (Å²) in [5.41, 5.74) is 8.93. The molecule has 3 aromatic rings. The molecule has 0 bridgehead atoms. The summed E-state index contributed by atoms with van der Waals surface area (Å²) in [6.07, 6.45) is 3.30. The van der Waals surface area contributed by atoms with Crippen LogP contribution in [0.15, 0.2) is 36.2 Å². The maximum Gasteiger partial charge on any atom is 0.262 e. The minimum absolute atomic E-state index is 0.0421. The summed E-state index contributed by atoms with van der Waals surface area (Å²) in [6.45, 7) is 5.37. The quantitative estimate of drug-likeness (QED) is 0.305. The van der Waals surface area contributed by atoms with E-state index in [0.29, 0.717) is 35.3 Å². The molecule has 0 aliphatic heterocycles. The molecule has 0 aliphatic carbocycles. The van der Waals surface area contributed by atoms with Crippen molar-refractivity contribution in [2.45, 2.75) is 39.3 Å². The summed E-state index contributed by atoms with van der Waals surface area (Å²) in [6, 6.07) is 9.76. The topological polar surface area (TPSA) is 150 Å². The molecule has 0 spiro atoms. The van der Waals surface area contributed by atoms with E-state index in [9.17, 15) is 20.3 Å². The first kappa shape index (κ1) is 23.9. The highest BCUT2D eigenvalue weighted by atomic mass is 16.3. The van der Waals surface area contributed by atoms with Gasteiger partial charge < -0.3 is 25.8 Å². The van der Waals surface area contributed by atoms with Crippen molar-refractivity contribution in [3.05, 3.63) is 47.4 Å². The van der Waals surface area contributed by atoms with E-state index in [2.05, 4.69) is 15.3 Å². The van der Waals surface area contributed by atoms with Gasteiger partial charge in [0.25, 0.3) is 5.91 Å². The number of aliphatic hydroxyl groups excluding tert-OH is 2. The van der Waals surface area contributed by atoms with Gasteiger partial charge in [-0.05, 0) is 38.8 Å². The Morgan fingerprint density at radius 2 is 1.97 bits per heavy atom. The summed E-state index contributed by atoms with van der Waals surface area (Å²) < 4.78 is 1.83. The number of nitrogens with zero attached hydrogens (tertiary/aromatic N) is 4. The van der Waals surface area contributed by atoms with Gasteiger partial charge in [-0.25, -0.2) is 9.97 Å². The largest absolute Gasteiger partial charge is 0.396 e. The number of carbonyl (C=O) groups is 1. The first-order valence-corrected chi connectivity index (χ1v) is 10.6. The van der Waals surface area contributed by atoms with E-state index in [1.54, 1.807) is 13.8 Å². The number of nitrogens with one attached hydrogen (secondary N) is 1. The van der Waals surface area contributed by atoms with Crippen molar-refractivity contribution in [2.75, 3.05) is 18.9 Å². The van der Waals surface area contributed by atoms with Gasteiger partial charge in [0.1, 0.15) is 29.4 Å². The monoisotopic (exact) mass is 448 g/mol. The number of benzene rings is 1. The van der Waals surface area contributed by atoms with Crippen molar-refractivity contribution in [1.82, 2.24) is 19.9 Å². The van der Waals surface area contributed by atoms with Crippen molar-refractivity contribution in [3.63, 3.8) is 0 Å². The average molecular weight is 449 g/mol. The van der Waals surface area contributed by atoms with Crippen LogP contribution in [0.5, 0.6) is 0 Å². The number of aliphatic hydroxyl groups is 2. The van der Waals surface area contributed by atoms with Gasteiger partial charge in [-0.2, -0.15) is 5.26 Å². The minimum Gasteiger partial charge on any atom is -0.396 e. The molecule has 0 unspecified atom stereocenters. The molecule has 5 N–H and O–H groups in total. The second-order valence-electron chi connectivity index (χ2n) is 8.48. The molecule has 0 saturated carbocycles. The third kappa shape index (κ3) is 5.03. The summed E-state index contributed by atoms with van der Waals surface area (Å²) in [4.78, 5) is 21.4. The predicted octanol–water partition coefficient (Wildman–Crippen LogP) is 2.17. The van der Waals surface area contributed by atoms with E-state index < -0.39 is 11.4 Å². The molecule has 1 amide bonds. The van der Waals surface area contributed by atoms with Crippen LogP contribution in [-0.2, 0) is 11.3 Å². The standard InChI is InChI=1S/C24H28N6O3/c1-15-5-7-16(8-6-15)19-18(11-17(12-25)23(33)29-24(2,3)13-32)30(9-4-10-31)22-20(19)21(26)27-14-28-22/h5-8,11,14,31-32H,4,9-10,13H2,1-3H3,(H,29,33)(H2,26,27,28)/b17-11+. The molecule has 172 valence electrons. The lowest BCUT2D eigenvalue weighted by atomic mass is 10.00. The van der Waals surface area contributed by atoms with Crippen LogP contribution < -0.4 is 11.1 Å². The maximum absolute atomic E-state index is 12.8. The number of nitrogens with two attached hydrogens (primary N) is 1. The summed E-state index contributed by atoms with van der Waals surface area (Å²) in [5, 5.41) is 32.0. The zero-order valence-electron chi connectivity index (χ0n) is 19.0. The molecular weight excluding hydrogens is 420 g/mol. The van der Waals surface area contributed by atoms with Gasteiger partial charge in [0.15, 0.2) is 0 Å². The molecule has 0 saturated heterocycles. The van der Waals surface area contributed by atoms with Crippen LogP contribution >= 0.6 is 0 Å². The minimum atomic E-state index is -0.897. The number of anilines is 1. The Bertz CT molecular complexity index is 1240. The smallest absolute Gasteiger partial charge is 0.262 e. The third-order valence-corrected chi connectivity index (χ3v) is 5.28. The number of aromatic nitrogens is 3. The van der Waals surface area contributed by atoms with Crippen LogP contribution in [0.3, 0.4) is 0 Å². The molecule has 2 aromatic heterocycles. The molecule has 0 radical (unpaired) electrons. The fraction of sp³-hybridized carbons (Fsp3) is 0.333. The highest BCUT2D eigenvalue weighted by Gasteiger charge is 2.25. The number of hydrogen-bond donors (Lipinski definition) is 4. The number of nitrogen functional groups attached to an aromatic ring is 1. The molecule has 33 heavy (non-hydrogen) atoms. The van der Waals surface area contributed by atoms with Crippen LogP contribution in [0, 0.1) is 18.3 Å². The van der Waals surface area contributed by atoms with E-state index in [0.717, 1.165) is 11.1 Å². The molecule has 0 aliphatic rings. The van der Waals surface area contributed by atoms with E-state index >= 15 is 0 Å². The Kier molecular flexibility index (Phi) is 7.11. The number of rotatable bonds is 8. The summed E-state index contributed by atoms with van der Waals surface area (Å²) >= 11 is 0. The van der Waals surface area contributed by atoms with Gasteiger partial charge in [0.05, 0.1) is 23.2 Å². The Morgan fingerprint density at radius 1 is 1.27 bits per heavy atom. The molecule has 1 aromatic carbocycles. The average Bonchev–Trinajstić information content (AvgIpc) is 3.10. The Labute approximate surface area is 192 Å². The van der Waals surface area contributed by atoms with Crippen LogP contribution in [0.25, 0.3) is 28.2 Å². The lowest BCUT2D eigenvalue weighted by molar-refractivity contribution is -0.119. The zero-order valence-corrected chi connectivity index (χ0v) is 19.0. The van der Waals surface area contributed by atoms with Gasteiger partial charge >= 0.3 is 0 Å². The zero-order chi connectivity index (χ0) is 24.2. The fourth-order valence-electron chi connectivity index (χ4n) is 3.53. The van der Waals surface area contributed by atoms with Crippen LogP contribution in [-0.4, -0.2) is 49.4 Å². The van der Waals surface area contributed by atoms with Gasteiger partial charge in [0.2, 0.25) is 0 Å². The fourth-order valence-corrected chi connectivity index (χ4v) is 3.53. The first-order chi connectivity index (χ1) is 15.7. The van der Waals surface area contributed by atoms with Gasteiger partial charge in [-0.1, -0.05) is 29.8 Å². The molecular formula is C24H28N6O3. The van der Waals surface area contributed by atoms with Crippen molar-refractivity contribution < 1.29 is 15.0 Å². The first-order valence-electron chi connectivity index (χ1n) is 10.6. The van der Waals surface area contributed by atoms with Crippen molar-refractivity contribution in [1.29, 1.82) is 5.26 Å². The lowest BCUT2D eigenvalue weighted by Crippen LogP contribution is -2.46. The maximum atomic E-state index is 12.8. The van der Waals surface area contributed by atoms with Gasteiger partial charge in [-0.3, -0.25) is 4.79 Å². The third-order valence-electron chi connectivity index (χ3n) is 5.28. The Balaban J connectivity index is 2.32. The lowest BCUT2D eigenvalue weighted by Gasteiger charge is -2.23. The number of hydrogen-bond acceptors (Lipinski definition) is 7. The Hall–Kier alpha value is -3.74. The van der Waals surface area contributed by atoms with E-state index in [4.69, 9.17) is 5.73 Å². The van der Waals surface area contributed by atoms with Gasteiger partial charge in [0, 0.05) is 18.7 Å². The number of carbonyl (C=O) groups excluding carboxylic acids is 1. The highest BCUT2D eigenvalue weighted by molar-refractivity contribution is 6.08. The normalized spacial score (nSPS) is 12.1. The molecule has 9 heteroatoms. The second-order valence-corrected chi connectivity index (χ2v) is 8.48. The number of fused-ring (bicyclic) bond motifs is 1. The van der Waals surface area contributed by atoms with Crippen molar-refractivity contribution in [3.8, 4) is 17.2 Å². The molecule has 2 heterocycles. The van der Waals surface area contributed by atoms with Crippen molar-refractivity contribution in [2.24, 2.45) is 0 Å². The SMILES string of the molecule is Cc1ccc(-c2c(/C=C(\C#N)C(=O)NC(C)(C)CO)n(CCCO)c3ncnc(N)c23)cc1. The van der Waals surface area contributed by atoms with Crippen molar-refractivity contribution >= 4 is 28.8 Å². The number of aryl methyl sites for hydroxylation is 2. The van der Waals surface area contributed by atoms with E-state index in [1.807, 2.05) is 41.8 Å². The molecule has 3 rings (SSSR count).